The summed E-state index contributed by atoms with van der Waals surface area (Å²) in [5, 5.41) is 8.96. The average molecular weight is 195 g/mol. The highest BCUT2D eigenvalue weighted by atomic mass is 16.5. The van der Waals surface area contributed by atoms with E-state index in [0.29, 0.717) is 18.7 Å². The van der Waals surface area contributed by atoms with Gasteiger partial charge in [-0.05, 0) is 18.6 Å². The molecule has 4 nitrogen and oxygen atoms in total. The summed E-state index contributed by atoms with van der Waals surface area (Å²) in [6.07, 6.45) is 2.04. The fourth-order valence-electron chi connectivity index (χ4n) is 1.22. The largest absolute Gasteiger partial charge is 0.481 e. The number of nitrogens with zero attached hydrogens (tertiary/aromatic N) is 1. The number of aliphatic carboxylic acids is 1. The summed E-state index contributed by atoms with van der Waals surface area (Å²) in [6, 6.07) is 5.26. The minimum atomic E-state index is -0.860. The van der Waals surface area contributed by atoms with E-state index in [0.717, 1.165) is 0 Å². The summed E-state index contributed by atoms with van der Waals surface area (Å²) in [5.74, 6) is -1.43. The van der Waals surface area contributed by atoms with Crippen molar-refractivity contribution in [3.05, 3.63) is 30.1 Å². The van der Waals surface area contributed by atoms with Crippen LogP contribution in [0.15, 0.2) is 24.4 Å². The maximum absolute atomic E-state index is 10.9. The van der Waals surface area contributed by atoms with Gasteiger partial charge in [0.1, 0.15) is 5.92 Å². The third-order valence-corrected chi connectivity index (χ3v) is 1.95. The van der Waals surface area contributed by atoms with Crippen molar-refractivity contribution in [1.82, 2.24) is 4.98 Å². The lowest BCUT2D eigenvalue weighted by atomic mass is 10.0. The summed E-state index contributed by atoms with van der Waals surface area (Å²) in [7, 11) is 1.55. The molecule has 0 aliphatic rings. The summed E-state index contributed by atoms with van der Waals surface area (Å²) in [4.78, 5) is 14.9. The number of carbonyl (C=O) groups is 1. The number of aromatic nitrogens is 1. The Morgan fingerprint density at radius 1 is 1.64 bits per heavy atom. The molecule has 0 saturated carbocycles. The molecule has 1 heterocycles. The molecule has 0 saturated heterocycles. The molecule has 76 valence electrons. The first-order valence-corrected chi connectivity index (χ1v) is 4.38. The van der Waals surface area contributed by atoms with E-state index < -0.39 is 11.9 Å². The van der Waals surface area contributed by atoms with Gasteiger partial charge in [0.05, 0.1) is 5.69 Å². The van der Waals surface area contributed by atoms with Crippen molar-refractivity contribution in [2.45, 2.75) is 12.3 Å². The molecule has 1 atom stereocenters. The first kappa shape index (κ1) is 10.7. The number of pyridine rings is 1. The zero-order valence-electron chi connectivity index (χ0n) is 8.01. The number of ether oxygens (including phenoxy) is 1. The number of hydrogen-bond acceptors (Lipinski definition) is 3. The van der Waals surface area contributed by atoms with Crippen LogP contribution in [0.2, 0.25) is 0 Å². The monoisotopic (exact) mass is 195 g/mol. The number of rotatable bonds is 5. The van der Waals surface area contributed by atoms with E-state index in [1.807, 2.05) is 0 Å². The Morgan fingerprint density at radius 3 is 2.93 bits per heavy atom. The standard InChI is InChI=1S/C10H13NO3/c1-14-7-5-8(10(12)13)9-4-2-3-6-11-9/h2-4,6,8H,5,7H2,1H3,(H,12,13)/t8-/m0/s1. The zero-order chi connectivity index (χ0) is 10.4. The van der Waals surface area contributed by atoms with Crippen LogP contribution in [0.5, 0.6) is 0 Å². The van der Waals surface area contributed by atoms with Crippen LogP contribution >= 0.6 is 0 Å². The Kier molecular flexibility index (Phi) is 4.07. The summed E-state index contributed by atoms with van der Waals surface area (Å²) in [6.45, 7) is 0.424. The SMILES string of the molecule is COCC[C@H](C(=O)O)c1ccccn1. The third-order valence-electron chi connectivity index (χ3n) is 1.95. The van der Waals surface area contributed by atoms with Gasteiger partial charge in [-0.1, -0.05) is 6.07 Å². The number of hydrogen-bond donors (Lipinski definition) is 1. The smallest absolute Gasteiger partial charge is 0.312 e. The quantitative estimate of drug-likeness (QED) is 0.769. The van der Waals surface area contributed by atoms with Crippen LogP contribution in [0.25, 0.3) is 0 Å². The highest BCUT2D eigenvalue weighted by molar-refractivity contribution is 5.75. The van der Waals surface area contributed by atoms with Crippen LogP contribution in [0.4, 0.5) is 0 Å². The minimum absolute atomic E-state index is 0.424. The molecule has 0 radical (unpaired) electrons. The second-order valence-electron chi connectivity index (χ2n) is 2.93. The normalized spacial score (nSPS) is 12.4. The molecule has 0 amide bonds. The maximum atomic E-state index is 10.9. The first-order valence-electron chi connectivity index (χ1n) is 4.38. The summed E-state index contributed by atoms with van der Waals surface area (Å²) < 4.78 is 4.85. The van der Waals surface area contributed by atoms with E-state index in [9.17, 15) is 4.79 Å². The van der Waals surface area contributed by atoms with Gasteiger partial charge < -0.3 is 9.84 Å². The number of carboxylic acids is 1. The molecule has 0 aliphatic heterocycles. The van der Waals surface area contributed by atoms with Crippen molar-refractivity contribution in [1.29, 1.82) is 0 Å². The second kappa shape index (κ2) is 5.34. The van der Waals surface area contributed by atoms with Gasteiger partial charge in [0.2, 0.25) is 0 Å². The molecule has 1 aromatic heterocycles. The molecule has 0 aliphatic carbocycles. The van der Waals surface area contributed by atoms with Crippen molar-refractivity contribution in [2.24, 2.45) is 0 Å². The lowest BCUT2D eigenvalue weighted by Crippen LogP contribution is -2.14. The fourth-order valence-corrected chi connectivity index (χ4v) is 1.22. The molecule has 0 aromatic carbocycles. The van der Waals surface area contributed by atoms with E-state index in [2.05, 4.69) is 4.98 Å². The third kappa shape index (κ3) is 2.81. The second-order valence-corrected chi connectivity index (χ2v) is 2.93. The van der Waals surface area contributed by atoms with Gasteiger partial charge in [-0.25, -0.2) is 0 Å². The predicted octanol–water partition coefficient (Wildman–Crippen LogP) is 1.29. The molecule has 0 unspecified atom stereocenters. The van der Waals surface area contributed by atoms with E-state index in [1.54, 1.807) is 31.5 Å². The van der Waals surface area contributed by atoms with Crippen LogP contribution < -0.4 is 0 Å². The Morgan fingerprint density at radius 2 is 2.43 bits per heavy atom. The molecule has 1 N–H and O–H groups in total. The fraction of sp³-hybridized carbons (Fsp3) is 0.400. The number of carboxylic acid groups (broad SMARTS) is 1. The van der Waals surface area contributed by atoms with Gasteiger partial charge in [-0.15, -0.1) is 0 Å². The van der Waals surface area contributed by atoms with Crippen LogP contribution in [-0.4, -0.2) is 29.8 Å². The summed E-state index contributed by atoms with van der Waals surface area (Å²) in [5.41, 5.74) is 0.581. The highest BCUT2D eigenvalue weighted by Crippen LogP contribution is 2.17. The Bertz CT molecular complexity index is 287. The van der Waals surface area contributed by atoms with Gasteiger partial charge in [0, 0.05) is 19.9 Å². The molecule has 0 spiro atoms. The van der Waals surface area contributed by atoms with Gasteiger partial charge in [-0.3, -0.25) is 9.78 Å². The molecular formula is C10H13NO3. The van der Waals surface area contributed by atoms with E-state index in [1.165, 1.54) is 0 Å². The van der Waals surface area contributed by atoms with Crippen molar-refractivity contribution in [2.75, 3.05) is 13.7 Å². The van der Waals surface area contributed by atoms with Gasteiger partial charge in [-0.2, -0.15) is 0 Å². The molecule has 14 heavy (non-hydrogen) atoms. The lowest BCUT2D eigenvalue weighted by molar-refractivity contribution is -0.139. The molecule has 0 bridgehead atoms. The van der Waals surface area contributed by atoms with Crippen molar-refractivity contribution < 1.29 is 14.6 Å². The van der Waals surface area contributed by atoms with E-state index >= 15 is 0 Å². The molecule has 4 heteroatoms. The van der Waals surface area contributed by atoms with Crippen LogP contribution in [-0.2, 0) is 9.53 Å². The maximum Gasteiger partial charge on any atom is 0.312 e. The van der Waals surface area contributed by atoms with Crippen molar-refractivity contribution in [3.8, 4) is 0 Å². The van der Waals surface area contributed by atoms with Gasteiger partial charge >= 0.3 is 5.97 Å². The number of methoxy groups -OCH3 is 1. The summed E-state index contributed by atoms with van der Waals surface area (Å²) >= 11 is 0. The van der Waals surface area contributed by atoms with Crippen LogP contribution in [0.3, 0.4) is 0 Å². The van der Waals surface area contributed by atoms with Crippen LogP contribution in [0.1, 0.15) is 18.0 Å². The molecule has 1 rings (SSSR count). The Labute approximate surface area is 82.5 Å². The van der Waals surface area contributed by atoms with Gasteiger partial charge in [0.25, 0.3) is 0 Å². The Hall–Kier alpha value is -1.42. The van der Waals surface area contributed by atoms with Crippen molar-refractivity contribution in [3.63, 3.8) is 0 Å². The first-order chi connectivity index (χ1) is 6.75. The molecular weight excluding hydrogens is 182 g/mol. The van der Waals surface area contributed by atoms with E-state index in [4.69, 9.17) is 9.84 Å². The van der Waals surface area contributed by atoms with Crippen LogP contribution in [0, 0.1) is 0 Å². The Balaban J connectivity index is 2.73. The predicted molar refractivity (Wildman–Crippen MR) is 51.1 cm³/mol. The van der Waals surface area contributed by atoms with Crippen molar-refractivity contribution >= 4 is 5.97 Å². The van der Waals surface area contributed by atoms with Gasteiger partial charge in [0.15, 0.2) is 0 Å². The zero-order valence-corrected chi connectivity index (χ0v) is 8.01. The van der Waals surface area contributed by atoms with E-state index in [-0.39, 0.29) is 0 Å². The highest BCUT2D eigenvalue weighted by Gasteiger charge is 2.20. The lowest BCUT2D eigenvalue weighted by Gasteiger charge is -2.10. The minimum Gasteiger partial charge on any atom is -0.481 e. The molecule has 0 fully saturated rings. The topological polar surface area (TPSA) is 59.4 Å². The average Bonchev–Trinajstić information content (AvgIpc) is 2.19. The molecule has 1 aromatic rings.